The summed E-state index contributed by atoms with van der Waals surface area (Å²) in [6, 6.07) is 25.7. The number of aryl methyl sites for hydroxylation is 1. The lowest BCUT2D eigenvalue weighted by Gasteiger charge is -2.13. The number of furan rings is 1. The largest absolute Gasteiger partial charge is 0.487 e. The minimum Gasteiger partial charge on any atom is -0.487 e. The Morgan fingerprint density at radius 1 is 1.00 bits per heavy atom. The summed E-state index contributed by atoms with van der Waals surface area (Å²) in [5.74, 6) is 1.16. The van der Waals surface area contributed by atoms with Gasteiger partial charge in [0.25, 0.3) is 5.56 Å². The van der Waals surface area contributed by atoms with Crippen molar-refractivity contribution in [3.63, 3.8) is 0 Å². The van der Waals surface area contributed by atoms with Crippen LogP contribution in [0.4, 0.5) is 0 Å². The molecule has 6 nitrogen and oxygen atoms in total. The quantitative estimate of drug-likeness (QED) is 0.172. The van der Waals surface area contributed by atoms with Crippen molar-refractivity contribution < 1.29 is 9.15 Å². The summed E-state index contributed by atoms with van der Waals surface area (Å²) in [6.45, 7) is 2.37. The zero-order chi connectivity index (χ0) is 27.8. The molecule has 0 fully saturated rings. The second-order valence-electron chi connectivity index (χ2n) is 9.19. The van der Waals surface area contributed by atoms with E-state index in [1.165, 1.54) is 10.9 Å². The van der Waals surface area contributed by atoms with Crippen molar-refractivity contribution in [2.24, 2.45) is 5.10 Å². The third kappa shape index (κ3) is 5.28. The molecular weight excluding hydrogens is 613 g/mol. The van der Waals surface area contributed by atoms with Gasteiger partial charge < -0.3 is 9.15 Å². The fourth-order valence-corrected chi connectivity index (χ4v) is 5.55. The Kier molecular flexibility index (Phi) is 7.19. The molecule has 0 aliphatic heterocycles. The Bertz CT molecular complexity index is 2000. The summed E-state index contributed by atoms with van der Waals surface area (Å²) in [7, 11) is 0. The Hall–Kier alpha value is -3.91. The molecule has 4 aromatic carbocycles. The van der Waals surface area contributed by atoms with Crippen LogP contribution in [-0.4, -0.2) is 15.9 Å². The first kappa shape index (κ1) is 26.3. The summed E-state index contributed by atoms with van der Waals surface area (Å²) in [5.41, 5.74) is 3.53. The van der Waals surface area contributed by atoms with Gasteiger partial charge in [-0.1, -0.05) is 65.2 Å². The van der Waals surface area contributed by atoms with E-state index in [4.69, 9.17) is 37.3 Å². The fourth-order valence-electron chi connectivity index (χ4n) is 4.42. The minimum absolute atomic E-state index is 0.246. The van der Waals surface area contributed by atoms with E-state index < -0.39 is 0 Å². The number of fused-ring (bicyclic) bond motifs is 2. The van der Waals surface area contributed by atoms with E-state index in [0.717, 1.165) is 16.5 Å². The molecular formula is C31H20BrCl2N3O3. The molecule has 6 rings (SSSR count). The van der Waals surface area contributed by atoms with Crippen LogP contribution < -0.4 is 10.3 Å². The molecule has 9 heteroatoms. The molecule has 6 aromatic rings. The standard InChI is InChI=1S/C31H20BrCl2N3O3/c1-18-5-4-6-19(11-18)17-39-29-21(13-23(34)15-25(29)32)16-35-37-30(36-26-8-3-2-7-24(26)31(37)38)28-14-20-12-22(33)9-10-27(20)40-28/h2-16H,17H2,1H3. The highest BCUT2D eigenvalue weighted by Gasteiger charge is 2.17. The van der Waals surface area contributed by atoms with Gasteiger partial charge in [-0.2, -0.15) is 9.78 Å². The molecule has 0 aliphatic rings. The number of para-hydroxylation sites is 1. The number of hydrogen-bond acceptors (Lipinski definition) is 5. The van der Waals surface area contributed by atoms with Gasteiger partial charge in [-0.15, -0.1) is 0 Å². The highest BCUT2D eigenvalue weighted by molar-refractivity contribution is 9.10. The Morgan fingerprint density at radius 3 is 2.70 bits per heavy atom. The molecule has 0 amide bonds. The molecule has 2 aromatic heterocycles. The van der Waals surface area contributed by atoms with Crippen LogP contribution in [0.15, 0.2) is 104 Å². The molecule has 0 atom stereocenters. The van der Waals surface area contributed by atoms with Crippen molar-refractivity contribution in [2.45, 2.75) is 13.5 Å². The summed E-state index contributed by atoms with van der Waals surface area (Å²) in [4.78, 5) is 18.4. The number of halogens is 3. The Morgan fingerprint density at radius 2 is 1.85 bits per heavy atom. The SMILES string of the molecule is Cc1cccc(COc2c(Br)cc(Cl)cc2C=Nn2c(-c3cc4cc(Cl)ccc4o3)nc3ccccc3c2=O)c1. The van der Waals surface area contributed by atoms with Crippen molar-refractivity contribution in [1.29, 1.82) is 0 Å². The lowest BCUT2D eigenvalue weighted by atomic mass is 10.1. The molecule has 0 radical (unpaired) electrons. The van der Waals surface area contributed by atoms with Crippen molar-refractivity contribution in [1.82, 2.24) is 9.66 Å². The molecule has 0 unspecified atom stereocenters. The molecule has 0 saturated heterocycles. The maximum atomic E-state index is 13.7. The van der Waals surface area contributed by atoms with Gasteiger partial charge in [-0.3, -0.25) is 4.79 Å². The monoisotopic (exact) mass is 631 g/mol. The highest BCUT2D eigenvalue weighted by Crippen LogP contribution is 2.33. The van der Waals surface area contributed by atoms with Crippen molar-refractivity contribution in [2.75, 3.05) is 0 Å². The topological polar surface area (TPSA) is 69.6 Å². The summed E-state index contributed by atoms with van der Waals surface area (Å²) < 4.78 is 14.1. The van der Waals surface area contributed by atoms with Gasteiger partial charge in [-0.05, 0) is 76.9 Å². The summed E-state index contributed by atoms with van der Waals surface area (Å²) in [6.07, 6.45) is 1.53. The average Bonchev–Trinajstić information content (AvgIpc) is 3.35. The number of aromatic nitrogens is 2. The van der Waals surface area contributed by atoms with E-state index in [1.54, 1.807) is 54.6 Å². The van der Waals surface area contributed by atoms with Crippen LogP contribution in [-0.2, 0) is 6.61 Å². The molecule has 0 spiro atoms. The zero-order valence-corrected chi connectivity index (χ0v) is 24.2. The predicted octanol–water partition coefficient (Wildman–Crippen LogP) is 8.65. The molecule has 40 heavy (non-hydrogen) atoms. The Balaban J connectivity index is 1.46. The van der Waals surface area contributed by atoms with Gasteiger partial charge in [-0.25, -0.2) is 4.98 Å². The van der Waals surface area contributed by atoms with E-state index in [2.05, 4.69) is 27.1 Å². The van der Waals surface area contributed by atoms with E-state index >= 15 is 0 Å². The first-order valence-electron chi connectivity index (χ1n) is 12.3. The number of nitrogens with zero attached hydrogens (tertiary/aromatic N) is 3. The number of ether oxygens (including phenoxy) is 1. The average molecular weight is 633 g/mol. The van der Waals surface area contributed by atoms with Crippen LogP contribution >= 0.6 is 39.1 Å². The van der Waals surface area contributed by atoms with E-state index in [9.17, 15) is 4.79 Å². The maximum absolute atomic E-state index is 13.7. The summed E-state index contributed by atoms with van der Waals surface area (Å²) in [5, 5.41) is 6.84. The molecule has 0 aliphatic carbocycles. The van der Waals surface area contributed by atoms with Gasteiger partial charge >= 0.3 is 0 Å². The molecule has 0 bridgehead atoms. The number of rotatable bonds is 6. The number of benzene rings is 4. The van der Waals surface area contributed by atoms with Crippen LogP contribution in [0.25, 0.3) is 33.5 Å². The second kappa shape index (κ2) is 10.9. The van der Waals surface area contributed by atoms with Crippen molar-refractivity contribution in [3.05, 3.63) is 126 Å². The predicted molar refractivity (Wildman–Crippen MR) is 164 cm³/mol. The van der Waals surface area contributed by atoms with Crippen LogP contribution in [0, 0.1) is 6.92 Å². The van der Waals surface area contributed by atoms with Gasteiger partial charge in [0.15, 0.2) is 5.76 Å². The van der Waals surface area contributed by atoms with Gasteiger partial charge in [0.1, 0.15) is 17.9 Å². The van der Waals surface area contributed by atoms with Gasteiger partial charge in [0, 0.05) is 21.0 Å². The fraction of sp³-hybridized carbons (Fsp3) is 0.0645. The lowest BCUT2D eigenvalue weighted by Crippen LogP contribution is -2.20. The van der Waals surface area contributed by atoms with E-state index in [1.807, 2.05) is 31.2 Å². The van der Waals surface area contributed by atoms with Gasteiger partial charge in [0.05, 0.1) is 21.6 Å². The molecule has 0 N–H and O–H groups in total. The number of hydrogen-bond donors (Lipinski definition) is 0. The van der Waals surface area contributed by atoms with E-state index in [0.29, 0.717) is 54.7 Å². The molecule has 0 saturated carbocycles. The Labute approximate surface area is 247 Å². The first-order valence-corrected chi connectivity index (χ1v) is 13.8. The molecule has 2 heterocycles. The third-order valence-electron chi connectivity index (χ3n) is 6.27. The van der Waals surface area contributed by atoms with Crippen LogP contribution in [0.5, 0.6) is 5.75 Å². The normalized spacial score (nSPS) is 11.6. The first-order chi connectivity index (χ1) is 19.4. The zero-order valence-electron chi connectivity index (χ0n) is 21.1. The van der Waals surface area contributed by atoms with Gasteiger partial charge in [0.2, 0.25) is 5.82 Å². The third-order valence-corrected chi connectivity index (χ3v) is 7.31. The maximum Gasteiger partial charge on any atom is 0.282 e. The van der Waals surface area contributed by atoms with E-state index in [-0.39, 0.29) is 11.4 Å². The summed E-state index contributed by atoms with van der Waals surface area (Å²) >= 11 is 16.1. The van der Waals surface area contributed by atoms with Crippen LogP contribution in [0.2, 0.25) is 10.0 Å². The van der Waals surface area contributed by atoms with Crippen molar-refractivity contribution >= 4 is 67.2 Å². The van der Waals surface area contributed by atoms with Crippen LogP contribution in [0.1, 0.15) is 16.7 Å². The van der Waals surface area contributed by atoms with Crippen LogP contribution in [0.3, 0.4) is 0 Å². The smallest absolute Gasteiger partial charge is 0.282 e. The second-order valence-corrected chi connectivity index (χ2v) is 10.9. The molecule has 198 valence electrons. The minimum atomic E-state index is -0.348. The lowest BCUT2D eigenvalue weighted by molar-refractivity contribution is 0.304. The van der Waals surface area contributed by atoms with Crippen molar-refractivity contribution in [3.8, 4) is 17.3 Å². The highest BCUT2D eigenvalue weighted by atomic mass is 79.9.